The minimum absolute atomic E-state index is 0.344. The number of fused-ring (bicyclic) bond motifs is 1. The standard InChI is InChI=1S/C12H9N3O2S/c1-7-6-13-12(18-7)14-15-10(16)8-4-2-3-5-9(8)11(15)17/h2-6H,1H3,(H,13,14). The van der Waals surface area contributed by atoms with Crippen LogP contribution in [0.1, 0.15) is 25.6 Å². The second kappa shape index (κ2) is 3.92. The number of benzene rings is 1. The van der Waals surface area contributed by atoms with Gasteiger partial charge in [0.05, 0.1) is 11.1 Å². The summed E-state index contributed by atoms with van der Waals surface area (Å²) < 4.78 is 0. The van der Waals surface area contributed by atoms with Gasteiger partial charge in [-0.3, -0.25) is 15.0 Å². The normalized spacial score (nSPS) is 13.9. The van der Waals surface area contributed by atoms with Gasteiger partial charge in [0, 0.05) is 11.1 Å². The molecule has 1 aromatic carbocycles. The lowest BCUT2D eigenvalue weighted by atomic mass is 10.1. The van der Waals surface area contributed by atoms with Gasteiger partial charge in [-0.1, -0.05) is 12.1 Å². The summed E-state index contributed by atoms with van der Waals surface area (Å²) in [5.41, 5.74) is 3.59. The predicted molar refractivity (Wildman–Crippen MR) is 67.4 cm³/mol. The van der Waals surface area contributed by atoms with Gasteiger partial charge in [0.2, 0.25) is 5.13 Å². The zero-order valence-electron chi connectivity index (χ0n) is 9.51. The maximum Gasteiger partial charge on any atom is 0.280 e. The lowest BCUT2D eigenvalue weighted by Crippen LogP contribution is -2.35. The van der Waals surface area contributed by atoms with Crippen LogP contribution in [0.2, 0.25) is 0 Å². The van der Waals surface area contributed by atoms with Gasteiger partial charge in [0.15, 0.2) is 0 Å². The molecule has 1 N–H and O–H groups in total. The number of hydrogen-bond donors (Lipinski definition) is 1. The fourth-order valence-corrected chi connectivity index (χ4v) is 2.45. The van der Waals surface area contributed by atoms with Gasteiger partial charge in [-0.2, -0.15) is 5.01 Å². The molecule has 0 fully saturated rings. The molecule has 18 heavy (non-hydrogen) atoms. The molecule has 1 aliphatic rings. The number of hydrogen-bond acceptors (Lipinski definition) is 5. The molecular formula is C12H9N3O2S. The van der Waals surface area contributed by atoms with Crippen LogP contribution in [0, 0.1) is 6.92 Å². The molecule has 0 aliphatic carbocycles. The summed E-state index contributed by atoms with van der Waals surface area (Å²) in [6, 6.07) is 6.76. The van der Waals surface area contributed by atoms with Gasteiger partial charge in [0.1, 0.15) is 0 Å². The van der Waals surface area contributed by atoms with E-state index in [1.54, 1.807) is 30.5 Å². The van der Waals surface area contributed by atoms with Crippen LogP contribution in [0.5, 0.6) is 0 Å². The molecule has 1 aromatic heterocycles. The number of carbonyl (C=O) groups excluding carboxylic acids is 2. The number of nitrogens with zero attached hydrogens (tertiary/aromatic N) is 2. The first kappa shape index (κ1) is 10.9. The van der Waals surface area contributed by atoms with E-state index in [-0.39, 0.29) is 11.8 Å². The highest BCUT2D eigenvalue weighted by Gasteiger charge is 2.35. The van der Waals surface area contributed by atoms with Crippen LogP contribution in [0.4, 0.5) is 5.13 Å². The Bertz CT molecular complexity index is 615. The maximum atomic E-state index is 12.0. The Balaban J connectivity index is 1.92. The highest BCUT2D eigenvalue weighted by molar-refractivity contribution is 7.15. The minimum atomic E-state index is -0.344. The quantitative estimate of drug-likeness (QED) is 0.839. The molecule has 3 rings (SSSR count). The van der Waals surface area contributed by atoms with E-state index in [0.29, 0.717) is 16.3 Å². The molecule has 90 valence electrons. The Morgan fingerprint density at radius 3 is 2.28 bits per heavy atom. The summed E-state index contributed by atoms with van der Waals surface area (Å²) in [4.78, 5) is 29.2. The Morgan fingerprint density at radius 2 is 1.78 bits per heavy atom. The van der Waals surface area contributed by atoms with Crippen molar-refractivity contribution in [3.8, 4) is 0 Å². The number of nitrogens with one attached hydrogen (secondary N) is 1. The van der Waals surface area contributed by atoms with E-state index < -0.39 is 0 Å². The number of amides is 2. The fraction of sp³-hybridized carbons (Fsp3) is 0.0833. The molecule has 0 saturated carbocycles. The summed E-state index contributed by atoms with van der Waals surface area (Å²) in [5, 5.41) is 1.53. The van der Waals surface area contributed by atoms with Crippen molar-refractivity contribution in [3.05, 3.63) is 46.5 Å². The zero-order valence-corrected chi connectivity index (χ0v) is 10.3. The van der Waals surface area contributed by atoms with Gasteiger partial charge in [-0.05, 0) is 19.1 Å². The molecular weight excluding hydrogens is 250 g/mol. The van der Waals surface area contributed by atoms with E-state index in [2.05, 4.69) is 10.4 Å². The van der Waals surface area contributed by atoms with Crippen molar-refractivity contribution in [1.82, 2.24) is 9.99 Å². The van der Waals surface area contributed by atoms with E-state index in [4.69, 9.17) is 0 Å². The summed E-state index contributed by atoms with van der Waals surface area (Å²) in [5.74, 6) is -0.688. The molecule has 0 unspecified atom stereocenters. The van der Waals surface area contributed by atoms with Crippen LogP contribution in [-0.4, -0.2) is 21.8 Å². The number of hydrazine groups is 1. The average molecular weight is 259 g/mol. The fourth-order valence-electron chi connectivity index (χ4n) is 1.79. The molecule has 0 atom stereocenters. The number of aryl methyl sites for hydroxylation is 1. The number of rotatable bonds is 2. The second-order valence-electron chi connectivity index (χ2n) is 3.88. The number of thiazole rings is 1. The second-order valence-corrected chi connectivity index (χ2v) is 5.11. The van der Waals surface area contributed by atoms with Crippen molar-refractivity contribution in [2.45, 2.75) is 6.92 Å². The molecule has 0 spiro atoms. The third-order valence-corrected chi connectivity index (χ3v) is 3.44. The first-order valence-electron chi connectivity index (χ1n) is 5.34. The van der Waals surface area contributed by atoms with E-state index in [1.165, 1.54) is 11.3 Å². The lowest BCUT2D eigenvalue weighted by Gasteiger charge is -2.13. The predicted octanol–water partition coefficient (Wildman–Crippen LogP) is 2.07. The Kier molecular flexibility index (Phi) is 2.38. The van der Waals surface area contributed by atoms with Crippen LogP contribution in [-0.2, 0) is 0 Å². The molecule has 5 nitrogen and oxygen atoms in total. The molecule has 6 heteroatoms. The van der Waals surface area contributed by atoms with Crippen LogP contribution in [0.15, 0.2) is 30.5 Å². The van der Waals surface area contributed by atoms with Gasteiger partial charge >= 0.3 is 0 Å². The van der Waals surface area contributed by atoms with E-state index in [1.807, 2.05) is 6.92 Å². The first-order chi connectivity index (χ1) is 8.66. The summed E-state index contributed by atoms with van der Waals surface area (Å²) in [6.45, 7) is 1.91. The SMILES string of the molecule is Cc1cnc(NN2C(=O)c3ccccc3C2=O)s1. The Labute approximate surface area is 107 Å². The molecule has 0 saturated heterocycles. The van der Waals surface area contributed by atoms with Crippen LogP contribution < -0.4 is 5.43 Å². The third kappa shape index (κ3) is 1.58. The average Bonchev–Trinajstić information content (AvgIpc) is 2.88. The number of aromatic nitrogens is 1. The van der Waals surface area contributed by atoms with Crippen molar-refractivity contribution in [3.63, 3.8) is 0 Å². The van der Waals surface area contributed by atoms with E-state index in [9.17, 15) is 9.59 Å². The Hall–Kier alpha value is -2.21. The third-order valence-electron chi connectivity index (χ3n) is 2.62. The lowest BCUT2D eigenvalue weighted by molar-refractivity contribution is 0.0691. The zero-order chi connectivity index (χ0) is 12.7. The summed E-state index contributed by atoms with van der Waals surface area (Å²) in [6.07, 6.45) is 1.69. The monoisotopic (exact) mass is 259 g/mol. The largest absolute Gasteiger partial charge is 0.280 e. The van der Waals surface area contributed by atoms with Crippen molar-refractivity contribution in [2.75, 3.05) is 5.43 Å². The van der Waals surface area contributed by atoms with Crippen molar-refractivity contribution < 1.29 is 9.59 Å². The van der Waals surface area contributed by atoms with Crippen LogP contribution in [0.25, 0.3) is 0 Å². The molecule has 0 radical (unpaired) electrons. The molecule has 0 bridgehead atoms. The van der Waals surface area contributed by atoms with E-state index in [0.717, 1.165) is 9.89 Å². The smallest absolute Gasteiger partial charge is 0.267 e. The first-order valence-corrected chi connectivity index (χ1v) is 6.15. The highest BCUT2D eigenvalue weighted by Crippen LogP contribution is 2.24. The molecule has 1 aliphatic heterocycles. The van der Waals surface area contributed by atoms with E-state index >= 15 is 0 Å². The van der Waals surface area contributed by atoms with Crippen LogP contribution in [0.3, 0.4) is 0 Å². The number of carbonyl (C=O) groups is 2. The summed E-state index contributed by atoms with van der Waals surface area (Å²) in [7, 11) is 0. The minimum Gasteiger partial charge on any atom is -0.267 e. The number of anilines is 1. The highest BCUT2D eigenvalue weighted by atomic mass is 32.1. The topological polar surface area (TPSA) is 62.3 Å². The van der Waals surface area contributed by atoms with Crippen molar-refractivity contribution in [1.29, 1.82) is 0 Å². The number of imide groups is 1. The van der Waals surface area contributed by atoms with Gasteiger partial charge in [0.25, 0.3) is 11.8 Å². The van der Waals surface area contributed by atoms with Gasteiger partial charge in [-0.15, -0.1) is 11.3 Å². The van der Waals surface area contributed by atoms with Crippen LogP contribution >= 0.6 is 11.3 Å². The molecule has 2 aromatic rings. The van der Waals surface area contributed by atoms with Crippen molar-refractivity contribution >= 4 is 28.3 Å². The van der Waals surface area contributed by atoms with Gasteiger partial charge < -0.3 is 0 Å². The molecule has 2 heterocycles. The Morgan fingerprint density at radius 1 is 1.17 bits per heavy atom. The molecule has 2 amide bonds. The van der Waals surface area contributed by atoms with Gasteiger partial charge in [-0.25, -0.2) is 4.98 Å². The summed E-state index contributed by atoms with van der Waals surface area (Å²) >= 11 is 1.39. The van der Waals surface area contributed by atoms with Crippen molar-refractivity contribution in [2.24, 2.45) is 0 Å². The maximum absolute atomic E-state index is 12.0.